The number of carbonyl (C=O) groups excluding carboxylic acids is 3. The van der Waals surface area contributed by atoms with Crippen LogP contribution >= 0.6 is 11.3 Å². The first kappa shape index (κ1) is 18.5. The van der Waals surface area contributed by atoms with Gasteiger partial charge in [-0.15, -0.1) is 11.3 Å². The van der Waals surface area contributed by atoms with Crippen molar-refractivity contribution < 1.29 is 27.9 Å². The van der Waals surface area contributed by atoms with Crippen LogP contribution in [0.1, 0.15) is 42.9 Å². The molecule has 9 heteroatoms. The van der Waals surface area contributed by atoms with Gasteiger partial charge in [0.05, 0.1) is 12.2 Å². The molecule has 6 nitrogen and oxygen atoms in total. The van der Waals surface area contributed by atoms with Crippen molar-refractivity contribution in [3.63, 3.8) is 0 Å². The summed E-state index contributed by atoms with van der Waals surface area (Å²) in [5.74, 6) is -4.80. The first-order valence-electron chi connectivity index (χ1n) is 7.13. The predicted molar refractivity (Wildman–Crippen MR) is 87.8 cm³/mol. The number of halogens is 2. The van der Waals surface area contributed by atoms with Gasteiger partial charge in [-0.25, -0.2) is 13.6 Å². The Morgan fingerprint density at radius 3 is 2.32 bits per heavy atom. The van der Waals surface area contributed by atoms with Crippen molar-refractivity contribution in [2.75, 3.05) is 11.9 Å². The molecule has 0 aliphatic rings. The van der Waals surface area contributed by atoms with Crippen LogP contribution in [0.2, 0.25) is 0 Å². The number of nitrogens with one attached hydrogen (secondary N) is 1. The van der Waals surface area contributed by atoms with E-state index in [4.69, 9.17) is 10.5 Å². The molecule has 0 bridgehead atoms. The second-order valence-corrected chi connectivity index (χ2v) is 5.92. The first-order valence-corrected chi connectivity index (χ1v) is 7.95. The molecule has 3 N–H and O–H groups in total. The Bertz CT molecular complexity index is 844. The number of nitrogens with two attached hydrogens (primary N) is 1. The van der Waals surface area contributed by atoms with Crippen LogP contribution < -0.4 is 11.1 Å². The van der Waals surface area contributed by atoms with Crippen LogP contribution in [0, 0.1) is 18.6 Å². The average Bonchev–Trinajstić information content (AvgIpc) is 2.83. The second kappa shape index (κ2) is 7.39. The number of rotatable bonds is 5. The summed E-state index contributed by atoms with van der Waals surface area (Å²) in [4.78, 5) is 35.8. The maximum absolute atomic E-state index is 13.7. The van der Waals surface area contributed by atoms with Gasteiger partial charge in [-0.05, 0) is 31.5 Å². The SMILES string of the molecule is CCOC(=O)c1sc(NC(=O)c2c(F)cccc2F)c(C(N)=O)c1C. The van der Waals surface area contributed by atoms with Gasteiger partial charge in [-0.3, -0.25) is 9.59 Å². The highest BCUT2D eigenvalue weighted by molar-refractivity contribution is 7.18. The smallest absolute Gasteiger partial charge is 0.348 e. The highest BCUT2D eigenvalue weighted by atomic mass is 32.1. The lowest BCUT2D eigenvalue weighted by atomic mass is 10.1. The molecule has 0 saturated carbocycles. The van der Waals surface area contributed by atoms with E-state index >= 15 is 0 Å². The monoisotopic (exact) mass is 368 g/mol. The summed E-state index contributed by atoms with van der Waals surface area (Å²) in [6.07, 6.45) is 0. The number of ether oxygens (including phenoxy) is 1. The van der Waals surface area contributed by atoms with Gasteiger partial charge >= 0.3 is 5.97 Å². The number of esters is 1. The van der Waals surface area contributed by atoms with Gasteiger partial charge in [0, 0.05) is 0 Å². The Morgan fingerprint density at radius 1 is 1.20 bits per heavy atom. The highest BCUT2D eigenvalue weighted by Gasteiger charge is 2.26. The van der Waals surface area contributed by atoms with Crippen LogP contribution in [-0.4, -0.2) is 24.4 Å². The van der Waals surface area contributed by atoms with E-state index in [1.54, 1.807) is 6.92 Å². The zero-order chi connectivity index (χ0) is 18.7. The number of anilines is 1. The lowest BCUT2D eigenvalue weighted by Crippen LogP contribution is -2.19. The molecule has 132 valence electrons. The van der Waals surface area contributed by atoms with Crippen molar-refractivity contribution in [3.8, 4) is 0 Å². The fourth-order valence-corrected chi connectivity index (χ4v) is 3.27. The Kier molecular flexibility index (Phi) is 5.48. The van der Waals surface area contributed by atoms with Gasteiger partial charge in [-0.2, -0.15) is 0 Å². The van der Waals surface area contributed by atoms with Gasteiger partial charge in [-0.1, -0.05) is 6.07 Å². The van der Waals surface area contributed by atoms with Crippen LogP contribution in [-0.2, 0) is 4.74 Å². The molecule has 25 heavy (non-hydrogen) atoms. The van der Waals surface area contributed by atoms with Gasteiger partial charge in [0.25, 0.3) is 11.8 Å². The molecule has 2 rings (SSSR count). The van der Waals surface area contributed by atoms with E-state index in [-0.39, 0.29) is 27.6 Å². The molecule has 1 aromatic carbocycles. The van der Waals surface area contributed by atoms with Gasteiger partial charge < -0.3 is 15.8 Å². The Labute approximate surface area is 145 Å². The summed E-state index contributed by atoms with van der Waals surface area (Å²) in [6.45, 7) is 3.19. The van der Waals surface area contributed by atoms with E-state index in [1.165, 1.54) is 6.92 Å². The maximum Gasteiger partial charge on any atom is 0.348 e. The minimum absolute atomic E-state index is 0.0694. The predicted octanol–water partition coefficient (Wildman–Crippen LogP) is 2.86. The van der Waals surface area contributed by atoms with Crippen molar-refractivity contribution in [1.82, 2.24) is 0 Å². The molecule has 1 heterocycles. The fourth-order valence-electron chi connectivity index (χ4n) is 2.17. The molecule has 0 aliphatic carbocycles. The van der Waals surface area contributed by atoms with Gasteiger partial charge in [0.2, 0.25) is 0 Å². The largest absolute Gasteiger partial charge is 0.462 e. The maximum atomic E-state index is 13.7. The molecular weight excluding hydrogens is 354 g/mol. The van der Waals surface area contributed by atoms with Crippen molar-refractivity contribution in [3.05, 3.63) is 51.4 Å². The molecule has 0 unspecified atom stereocenters. The van der Waals surface area contributed by atoms with E-state index in [0.717, 1.165) is 29.5 Å². The van der Waals surface area contributed by atoms with E-state index in [9.17, 15) is 23.2 Å². The van der Waals surface area contributed by atoms with Crippen molar-refractivity contribution in [2.24, 2.45) is 5.73 Å². The van der Waals surface area contributed by atoms with Gasteiger partial charge in [0.15, 0.2) is 0 Å². The Hall–Kier alpha value is -2.81. The van der Waals surface area contributed by atoms with Gasteiger partial charge in [0.1, 0.15) is 27.1 Å². The molecule has 2 amide bonds. The van der Waals surface area contributed by atoms with Crippen LogP contribution in [0.3, 0.4) is 0 Å². The summed E-state index contributed by atoms with van der Waals surface area (Å²) in [6, 6.07) is 2.97. The number of thiophene rings is 1. The quantitative estimate of drug-likeness (QED) is 0.793. The molecule has 0 aliphatic heterocycles. The number of hydrogen-bond acceptors (Lipinski definition) is 5. The number of benzene rings is 1. The zero-order valence-corrected chi connectivity index (χ0v) is 14.1. The van der Waals surface area contributed by atoms with Crippen molar-refractivity contribution >= 4 is 34.1 Å². The lowest BCUT2D eigenvalue weighted by Gasteiger charge is -2.06. The summed E-state index contributed by atoms with van der Waals surface area (Å²) < 4.78 is 32.3. The minimum Gasteiger partial charge on any atom is -0.462 e. The molecule has 1 aromatic heterocycles. The van der Waals surface area contributed by atoms with Crippen LogP contribution in [0.15, 0.2) is 18.2 Å². The number of carbonyl (C=O) groups is 3. The molecule has 0 fully saturated rings. The molecule has 0 saturated heterocycles. The fraction of sp³-hybridized carbons (Fsp3) is 0.188. The highest BCUT2D eigenvalue weighted by Crippen LogP contribution is 2.34. The average molecular weight is 368 g/mol. The summed E-state index contributed by atoms with van der Waals surface area (Å²) >= 11 is 0.745. The number of hydrogen-bond donors (Lipinski definition) is 2. The van der Waals surface area contributed by atoms with Crippen LogP contribution in [0.5, 0.6) is 0 Å². The number of primary amides is 1. The Morgan fingerprint density at radius 2 is 1.80 bits per heavy atom. The molecule has 0 radical (unpaired) electrons. The summed E-state index contributed by atoms with van der Waals surface area (Å²) in [7, 11) is 0. The molecule has 0 spiro atoms. The summed E-state index contributed by atoms with van der Waals surface area (Å²) in [5, 5.41) is 2.16. The third kappa shape index (κ3) is 3.66. The third-order valence-electron chi connectivity index (χ3n) is 3.27. The normalized spacial score (nSPS) is 10.4. The van der Waals surface area contributed by atoms with E-state index in [2.05, 4.69) is 5.32 Å². The van der Waals surface area contributed by atoms with E-state index in [0.29, 0.717) is 0 Å². The Balaban J connectivity index is 2.45. The topological polar surface area (TPSA) is 98.5 Å². The molecular formula is C16H14F2N2O4S. The molecule has 2 aromatic rings. The van der Waals surface area contributed by atoms with Crippen LogP contribution in [0.4, 0.5) is 13.8 Å². The van der Waals surface area contributed by atoms with E-state index in [1.807, 2.05) is 0 Å². The minimum atomic E-state index is -1.10. The first-order chi connectivity index (χ1) is 11.8. The van der Waals surface area contributed by atoms with Crippen LogP contribution in [0.25, 0.3) is 0 Å². The third-order valence-corrected chi connectivity index (χ3v) is 4.46. The second-order valence-electron chi connectivity index (χ2n) is 4.90. The van der Waals surface area contributed by atoms with E-state index < -0.39 is 35.0 Å². The molecule has 0 atom stereocenters. The lowest BCUT2D eigenvalue weighted by molar-refractivity contribution is 0.0531. The zero-order valence-electron chi connectivity index (χ0n) is 13.3. The van der Waals surface area contributed by atoms with Crippen molar-refractivity contribution in [2.45, 2.75) is 13.8 Å². The van der Waals surface area contributed by atoms with Crippen molar-refractivity contribution in [1.29, 1.82) is 0 Å². The number of amides is 2. The summed E-state index contributed by atoms with van der Waals surface area (Å²) in [5.41, 5.74) is 4.60. The standard InChI is InChI=1S/C16H14F2N2O4S/c1-3-24-16(23)12-7(2)10(13(19)21)15(25-12)20-14(22)11-8(17)5-4-6-9(11)18/h4-6H,3H2,1-2H3,(H2,19,21)(H,20,22).